The minimum atomic E-state index is -0.812. The topological polar surface area (TPSA) is 70.4 Å². The second-order valence-corrected chi connectivity index (χ2v) is 6.21. The number of nitrogens with zero attached hydrogens (tertiary/aromatic N) is 2. The van der Waals surface area contributed by atoms with Gasteiger partial charge in [0.1, 0.15) is 11.6 Å². The number of hydrogen-bond donors (Lipinski definition) is 0. The maximum absolute atomic E-state index is 12.1. The van der Waals surface area contributed by atoms with E-state index in [-0.39, 0.29) is 11.4 Å². The first-order valence-corrected chi connectivity index (χ1v) is 8.63. The Hall–Kier alpha value is -3.39. The van der Waals surface area contributed by atoms with E-state index >= 15 is 0 Å². The standard InChI is InChI=1S/C22H22N2O3/c1-4-16-5-9-18(10-6-16)21(25)15-27-22(26)19(14-23)13-17-7-11-20(12-8-17)24(2)3/h5-13H,4,15H2,1-3H3/b19-13+. The zero-order valence-corrected chi connectivity index (χ0v) is 15.7. The van der Waals surface area contributed by atoms with Crippen LogP contribution < -0.4 is 4.90 Å². The summed E-state index contributed by atoms with van der Waals surface area (Å²) in [5.74, 6) is -1.12. The van der Waals surface area contributed by atoms with Gasteiger partial charge in [-0.25, -0.2) is 4.79 Å². The van der Waals surface area contributed by atoms with Crippen molar-refractivity contribution in [1.82, 2.24) is 0 Å². The van der Waals surface area contributed by atoms with E-state index in [1.54, 1.807) is 24.3 Å². The Morgan fingerprint density at radius 1 is 1.07 bits per heavy atom. The summed E-state index contributed by atoms with van der Waals surface area (Å²) in [5, 5.41) is 9.23. The van der Waals surface area contributed by atoms with E-state index in [2.05, 4.69) is 0 Å². The molecule has 0 fully saturated rings. The fourth-order valence-electron chi connectivity index (χ4n) is 2.39. The van der Waals surface area contributed by atoms with Crippen LogP contribution >= 0.6 is 0 Å². The summed E-state index contributed by atoms with van der Waals surface area (Å²) in [6, 6.07) is 16.4. The summed E-state index contributed by atoms with van der Waals surface area (Å²) in [6.07, 6.45) is 2.33. The zero-order valence-electron chi connectivity index (χ0n) is 15.7. The maximum atomic E-state index is 12.1. The number of benzene rings is 2. The Morgan fingerprint density at radius 3 is 2.22 bits per heavy atom. The van der Waals surface area contributed by atoms with E-state index < -0.39 is 12.6 Å². The highest BCUT2D eigenvalue weighted by Crippen LogP contribution is 2.15. The van der Waals surface area contributed by atoms with Crippen molar-refractivity contribution in [3.05, 3.63) is 70.8 Å². The van der Waals surface area contributed by atoms with Crippen LogP contribution in [0.3, 0.4) is 0 Å². The van der Waals surface area contributed by atoms with Crippen molar-refractivity contribution in [2.75, 3.05) is 25.6 Å². The van der Waals surface area contributed by atoms with Gasteiger partial charge in [0.2, 0.25) is 0 Å². The molecule has 2 aromatic carbocycles. The van der Waals surface area contributed by atoms with Crippen molar-refractivity contribution >= 4 is 23.5 Å². The normalized spacial score (nSPS) is 10.8. The second-order valence-electron chi connectivity index (χ2n) is 6.21. The number of rotatable bonds is 7. The largest absolute Gasteiger partial charge is 0.453 e. The number of nitriles is 1. The SMILES string of the molecule is CCc1ccc(C(=O)COC(=O)/C(C#N)=C/c2ccc(N(C)C)cc2)cc1. The molecule has 0 aliphatic carbocycles. The smallest absolute Gasteiger partial charge is 0.349 e. The minimum absolute atomic E-state index is 0.151. The number of ketones is 1. The second kappa shape index (κ2) is 9.35. The van der Waals surface area contributed by atoms with Gasteiger partial charge in [0.05, 0.1) is 0 Å². The first kappa shape index (κ1) is 19.9. The lowest BCUT2D eigenvalue weighted by molar-refractivity contribution is -0.137. The van der Waals surface area contributed by atoms with Crippen molar-refractivity contribution in [3.63, 3.8) is 0 Å². The lowest BCUT2D eigenvalue weighted by Gasteiger charge is -2.11. The number of aryl methyl sites for hydroxylation is 1. The number of hydrogen-bond acceptors (Lipinski definition) is 5. The van der Waals surface area contributed by atoms with Crippen LogP contribution in [0.1, 0.15) is 28.4 Å². The van der Waals surface area contributed by atoms with Crippen LogP contribution in [0.4, 0.5) is 5.69 Å². The van der Waals surface area contributed by atoms with Gasteiger partial charge < -0.3 is 9.64 Å². The van der Waals surface area contributed by atoms with E-state index in [0.29, 0.717) is 11.1 Å². The summed E-state index contributed by atoms with van der Waals surface area (Å²) in [7, 11) is 3.85. The highest BCUT2D eigenvalue weighted by molar-refractivity contribution is 6.01. The summed E-state index contributed by atoms with van der Waals surface area (Å²) in [4.78, 5) is 26.2. The first-order chi connectivity index (χ1) is 12.9. The van der Waals surface area contributed by atoms with Crippen molar-refractivity contribution in [1.29, 1.82) is 5.26 Å². The fraction of sp³-hybridized carbons (Fsp3) is 0.227. The molecule has 0 saturated carbocycles. The van der Waals surface area contributed by atoms with Crippen molar-refractivity contribution in [3.8, 4) is 6.07 Å². The molecule has 0 radical (unpaired) electrons. The summed E-state index contributed by atoms with van der Waals surface area (Å²) >= 11 is 0. The van der Waals surface area contributed by atoms with Crippen LogP contribution in [0.5, 0.6) is 0 Å². The van der Waals surface area contributed by atoms with Crippen LogP contribution in [-0.4, -0.2) is 32.5 Å². The third-order valence-electron chi connectivity index (χ3n) is 4.08. The number of ether oxygens (including phenoxy) is 1. The fourth-order valence-corrected chi connectivity index (χ4v) is 2.39. The molecule has 0 aromatic heterocycles. The predicted octanol–water partition coefficient (Wildman–Crippen LogP) is 3.65. The van der Waals surface area contributed by atoms with Gasteiger partial charge in [0, 0.05) is 25.3 Å². The van der Waals surface area contributed by atoms with Crippen LogP contribution in [-0.2, 0) is 16.0 Å². The molecule has 138 valence electrons. The molecule has 27 heavy (non-hydrogen) atoms. The number of carbonyl (C=O) groups excluding carboxylic acids is 2. The number of anilines is 1. The van der Waals surface area contributed by atoms with Gasteiger partial charge in [-0.05, 0) is 35.8 Å². The van der Waals surface area contributed by atoms with Gasteiger partial charge in [0.25, 0.3) is 0 Å². The van der Waals surface area contributed by atoms with Crippen molar-refractivity contribution in [2.45, 2.75) is 13.3 Å². The Morgan fingerprint density at radius 2 is 1.70 bits per heavy atom. The third-order valence-corrected chi connectivity index (χ3v) is 4.08. The average molecular weight is 362 g/mol. The molecule has 2 rings (SSSR count). The third kappa shape index (κ3) is 5.55. The molecule has 2 aromatic rings. The van der Waals surface area contributed by atoms with Crippen LogP contribution in [0, 0.1) is 11.3 Å². The molecule has 0 aliphatic heterocycles. The van der Waals surface area contributed by atoms with Gasteiger partial charge in [-0.2, -0.15) is 5.26 Å². The van der Waals surface area contributed by atoms with E-state index in [1.807, 2.05) is 56.3 Å². The highest BCUT2D eigenvalue weighted by Gasteiger charge is 2.14. The van der Waals surface area contributed by atoms with Crippen LogP contribution in [0.2, 0.25) is 0 Å². The minimum Gasteiger partial charge on any atom is -0.453 e. The molecule has 5 heteroatoms. The Labute approximate surface area is 159 Å². The van der Waals surface area contributed by atoms with Gasteiger partial charge >= 0.3 is 5.97 Å². The molecule has 0 amide bonds. The molecular formula is C22H22N2O3. The lowest BCUT2D eigenvalue weighted by Crippen LogP contribution is -2.15. The molecule has 0 saturated heterocycles. The average Bonchev–Trinajstić information content (AvgIpc) is 2.70. The molecule has 5 nitrogen and oxygen atoms in total. The summed E-state index contributed by atoms with van der Waals surface area (Å²) in [6.45, 7) is 1.63. The highest BCUT2D eigenvalue weighted by atomic mass is 16.5. The molecule has 0 atom stereocenters. The molecule has 0 bridgehead atoms. The Bertz CT molecular complexity index is 873. The van der Waals surface area contributed by atoms with Crippen molar-refractivity contribution < 1.29 is 14.3 Å². The van der Waals surface area contributed by atoms with Crippen molar-refractivity contribution in [2.24, 2.45) is 0 Å². The number of Topliss-reactive ketones (excluding diaryl/α,β-unsaturated/α-hetero) is 1. The predicted molar refractivity (Wildman–Crippen MR) is 105 cm³/mol. The molecule has 0 heterocycles. The van der Waals surface area contributed by atoms with Gasteiger partial charge in [-0.15, -0.1) is 0 Å². The van der Waals surface area contributed by atoms with E-state index in [9.17, 15) is 14.9 Å². The van der Waals surface area contributed by atoms with E-state index in [4.69, 9.17) is 4.74 Å². The molecule has 0 N–H and O–H groups in total. The van der Waals surface area contributed by atoms with Gasteiger partial charge in [0.15, 0.2) is 12.4 Å². The van der Waals surface area contributed by atoms with Crippen LogP contribution in [0.15, 0.2) is 54.1 Å². The Kier molecular flexibility index (Phi) is 6.90. The molecule has 0 spiro atoms. The maximum Gasteiger partial charge on any atom is 0.349 e. The molecule has 0 unspecified atom stereocenters. The van der Waals surface area contributed by atoms with Gasteiger partial charge in [-0.1, -0.05) is 43.3 Å². The monoisotopic (exact) mass is 362 g/mol. The van der Waals surface area contributed by atoms with Gasteiger partial charge in [-0.3, -0.25) is 4.79 Å². The Balaban J connectivity index is 2.01. The quantitative estimate of drug-likeness (QED) is 0.325. The summed E-state index contributed by atoms with van der Waals surface area (Å²) < 4.78 is 5.01. The molecular weight excluding hydrogens is 340 g/mol. The number of esters is 1. The zero-order chi connectivity index (χ0) is 19.8. The van der Waals surface area contributed by atoms with E-state index in [1.165, 1.54) is 6.08 Å². The lowest BCUT2D eigenvalue weighted by atomic mass is 10.1. The molecule has 0 aliphatic rings. The first-order valence-electron chi connectivity index (χ1n) is 8.63. The van der Waals surface area contributed by atoms with E-state index in [0.717, 1.165) is 17.7 Å². The number of carbonyl (C=O) groups is 2. The summed E-state index contributed by atoms with van der Waals surface area (Å²) in [5.41, 5.74) is 3.16. The van der Waals surface area contributed by atoms with Crippen LogP contribution in [0.25, 0.3) is 6.08 Å².